The van der Waals surface area contributed by atoms with Crippen molar-refractivity contribution in [3.05, 3.63) is 28.8 Å². The zero-order chi connectivity index (χ0) is 13.7. The minimum absolute atomic E-state index is 0.106. The van der Waals surface area contributed by atoms with Crippen molar-refractivity contribution in [1.82, 2.24) is 0 Å². The van der Waals surface area contributed by atoms with Gasteiger partial charge in [-0.3, -0.25) is 0 Å². The Hall–Kier alpha value is -1.55. The molecule has 0 aliphatic carbocycles. The third kappa shape index (κ3) is 1.82. The SMILES string of the molecule is CC(C)[C@H]1Oc2c(ccc3c2C(=O)O[C@H](C)C3)[C@H]1O. The lowest BCUT2D eigenvalue weighted by Gasteiger charge is -2.23. The molecule has 0 amide bonds. The lowest BCUT2D eigenvalue weighted by Crippen LogP contribution is -2.26. The number of benzene rings is 1. The van der Waals surface area contributed by atoms with Crippen LogP contribution in [0.3, 0.4) is 0 Å². The molecule has 19 heavy (non-hydrogen) atoms. The predicted octanol–water partition coefficient (Wildman–Crippen LogP) is 2.24. The number of aliphatic hydroxyl groups excluding tert-OH is 1. The standard InChI is InChI=1S/C15H18O4/c1-7(2)13-12(16)10-5-4-9-6-8(3)18-15(17)11(9)14(10)19-13/h4-5,7-8,12-13,16H,6H2,1-3H3/t8-,12-,13-/m1/s1. The van der Waals surface area contributed by atoms with E-state index in [1.54, 1.807) is 0 Å². The Bertz CT molecular complexity index is 535. The fraction of sp³-hybridized carbons (Fsp3) is 0.533. The number of fused-ring (bicyclic) bond motifs is 3. The van der Waals surface area contributed by atoms with Crippen LogP contribution in [0.4, 0.5) is 0 Å². The highest BCUT2D eigenvalue weighted by molar-refractivity contribution is 5.96. The third-order valence-electron chi connectivity index (χ3n) is 3.83. The number of hydrogen-bond donors (Lipinski definition) is 1. The minimum atomic E-state index is -0.674. The van der Waals surface area contributed by atoms with Gasteiger partial charge in [-0.15, -0.1) is 0 Å². The lowest BCUT2D eigenvalue weighted by atomic mass is 9.93. The molecule has 1 aromatic rings. The van der Waals surface area contributed by atoms with Gasteiger partial charge in [0.1, 0.15) is 29.6 Å². The average molecular weight is 262 g/mol. The maximum absolute atomic E-state index is 12.1. The molecular formula is C15H18O4. The number of hydrogen-bond acceptors (Lipinski definition) is 4. The largest absolute Gasteiger partial charge is 0.486 e. The van der Waals surface area contributed by atoms with E-state index in [0.717, 1.165) is 5.56 Å². The van der Waals surface area contributed by atoms with Gasteiger partial charge in [-0.2, -0.15) is 0 Å². The number of aliphatic hydroxyl groups is 1. The van der Waals surface area contributed by atoms with Crippen LogP contribution in [0.2, 0.25) is 0 Å². The second-order valence-corrected chi connectivity index (χ2v) is 5.71. The van der Waals surface area contributed by atoms with Crippen LogP contribution in [0.25, 0.3) is 0 Å². The summed E-state index contributed by atoms with van der Waals surface area (Å²) >= 11 is 0. The van der Waals surface area contributed by atoms with Gasteiger partial charge < -0.3 is 14.6 Å². The molecule has 0 aromatic heterocycles. The van der Waals surface area contributed by atoms with Crippen LogP contribution in [0.5, 0.6) is 5.75 Å². The molecule has 102 valence electrons. The Balaban J connectivity index is 2.09. The highest BCUT2D eigenvalue weighted by Crippen LogP contribution is 2.44. The molecule has 0 saturated heterocycles. The quantitative estimate of drug-likeness (QED) is 0.789. The topological polar surface area (TPSA) is 55.8 Å². The van der Waals surface area contributed by atoms with Crippen LogP contribution in [-0.2, 0) is 11.2 Å². The van der Waals surface area contributed by atoms with Crippen LogP contribution in [-0.4, -0.2) is 23.3 Å². The molecule has 0 unspecified atom stereocenters. The predicted molar refractivity (Wildman–Crippen MR) is 69.2 cm³/mol. The molecule has 2 aliphatic heterocycles. The summed E-state index contributed by atoms with van der Waals surface area (Å²) in [6.07, 6.45) is -0.383. The summed E-state index contributed by atoms with van der Waals surface area (Å²) < 4.78 is 11.1. The minimum Gasteiger partial charge on any atom is -0.486 e. The monoisotopic (exact) mass is 262 g/mol. The van der Waals surface area contributed by atoms with Gasteiger partial charge >= 0.3 is 5.97 Å². The van der Waals surface area contributed by atoms with E-state index in [0.29, 0.717) is 23.3 Å². The van der Waals surface area contributed by atoms with Crippen LogP contribution in [0, 0.1) is 5.92 Å². The number of carbonyl (C=O) groups is 1. The van der Waals surface area contributed by atoms with E-state index in [1.807, 2.05) is 32.9 Å². The second kappa shape index (κ2) is 4.23. The van der Waals surface area contributed by atoms with Gasteiger partial charge in [0, 0.05) is 12.0 Å². The number of ether oxygens (including phenoxy) is 2. The van der Waals surface area contributed by atoms with Gasteiger partial charge in [0.15, 0.2) is 0 Å². The molecule has 0 bridgehead atoms. The maximum atomic E-state index is 12.1. The highest BCUT2D eigenvalue weighted by atomic mass is 16.5. The molecule has 1 aromatic carbocycles. The van der Waals surface area contributed by atoms with Crippen LogP contribution >= 0.6 is 0 Å². The molecule has 0 fully saturated rings. The van der Waals surface area contributed by atoms with Crippen LogP contribution in [0.1, 0.15) is 48.4 Å². The number of rotatable bonds is 1. The van der Waals surface area contributed by atoms with E-state index >= 15 is 0 Å². The second-order valence-electron chi connectivity index (χ2n) is 5.71. The summed E-state index contributed by atoms with van der Waals surface area (Å²) in [4.78, 5) is 12.1. The Morgan fingerprint density at radius 1 is 1.32 bits per heavy atom. The summed E-state index contributed by atoms with van der Waals surface area (Å²) in [6, 6.07) is 3.77. The first kappa shape index (κ1) is 12.5. The van der Waals surface area contributed by atoms with Crippen molar-refractivity contribution in [2.45, 2.75) is 45.5 Å². The maximum Gasteiger partial charge on any atom is 0.342 e. The zero-order valence-corrected chi connectivity index (χ0v) is 11.3. The molecule has 3 rings (SSSR count). The molecule has 2 aliphatic rings. The lowest BCUT2D eigenvalue weighted by molar-refractivity contribution is 0.0262. The molecule has 0 spiro atoms. The van der Waals surface area contributed by atoms with Crippen molar-refractivity contribution < 1.29 is 19.4 Å². The van der Waals surface area contributed by atoms with E-state index in [9.17, 15) is 9.90 Å². The molecule has 0 radical (unpaired) electrons. The summed E-state index contributed by atoms with van der Waals surface area (Å²) in [5.41, 5.74) is 2.14. The van der Waals surface area contributed by atoms with Crippen molar-refractivity contribution in [3.63, 3.8) is 0 Å². The van der Waals surface area contributed by atoms with Crippen LogP contribution < -0.4 is 4.74 Å². The summed E-state index contributed by atoms with van der Waals surface area (Å²) in [5.74, 6) is 0.347. The van der Waals surface area contributed by atoms with Gasteiger partial charge in [0.2, 0.25) is 0 Å². The number of carbonyl (C=O) groups excluding carboxylic acids is 1. The van der Waals surface area contributed by atoms with E-state index in [2.05, 4.69) is 0 Å². The van der Waals surface area contributed by atoms with Gasteiger partial charge in [-0.05, 0) is 18.4 Å². The van der Waals surface area contributed by atoms with Crippen LogP contribution in [0.15, 0.2) is 12.1 Å². The summed E-state index contributed by atoms with van der Waals surface area (Å²) in [5, 5.41) is 10.3. The first-order chi connectivity index (χ1) is 8.99. The molecular weight excluding hydrogens is 244 g/mol. The highest BCUT2D eigenvalue weighted by Gasteiger charge is 2.40. The first-order valence-electron chi connectivity index (χ1n) is 6.70. The Kier molecular flexibility index (Phi) is 2.78. The van der Waals surface area contributed by atoms with Crippen molar-refractivity contribution in [2.24, 2.45) is 5.92 Å². The summed E-state index contributed by atoms with van der Waals surface area (Å²) in [6.45, 7) is 5.86. The van der Waals surface area contributed by atoms with Crippen molar-refractivity contribution >= 4 is 5.97 Å². The Morgan fingerprint density at radius 3 is 2.74 bits per heavy atom. The molecule has 0 saturated carbocycles. The van der Waals surface area contributed by atoms with Crippen molar-refractivity contribution in [3.8, 4) is 5.75 Å². The van der Waals surface area contributed by atoms with Gasteiger partial charge in [-0.1, -0.05) is 26.0 Å². The fourth-order valence-electron chi connectivity index (χ4n) is 2.86. The van der Waals surface area contributed by atoms with Gasteiger partial charge in [0.25, 0.3) is 0 Å². The van der Waals surface area contributed by atoms with E-state index in [-0.39, 0.29) is 24.1 Å². The Labute approximate surface area is 112 Å². The molecule has 4 heteroatoms. The van der Waals surface area contributed by atoms with E-state index < -0.39 is 6.10 Å². The van der Waals surface area contributed by atoms with Crippen molar-refractivity contribution in [1.29, 1.82) is 0 Å². The Morgan fingerprint density at radius 2 is 2.05 bits per heavy atom. The molecule has 2 heterocycles. The normalized spacial score (nSPS) is 28.7. The first-order valence-corrected chi connectivity index (χ1v) is 6.70. The number of cyclic esters (lactones) is 1. The zero-order valence-electron chi connectivity index (χ0n) is 11.3. The third-order valence-corrected chi connectivity index (χ3v) is 3.83. The van der Waals surface area contributed by atoms with Gasteiger partial charge in [0.05, 0.1) is 0 Å². The average Bonchev–Trinajstić information content (AvgIpc) is 2.66. The summed E-state index contributed by atoms with van der Waals surface area (Å²) in [7, 11) is 0. The van der Waals surface area contributed by atoms with E-state index in [1.165, 1.54) is 0 Å². The van der Waals surface area contributed by atoms with Crippen molar-refractivity contribution in [2.75, 3.05) is 0 Å². The smallest absolute Gasteiger partial charge is 0.342 e. The van der Waals surface area contributed by atoms with E-state index in [4.69, 9.17) is 9.47 Å². The number of esters is 1. The molecule has 3 atom stereocenters. The fourth-order valence-corrected chi connectivity index (χ4v) is 2.86. The molecule has 4 nitrogen and oxygen atoms in total. The van der Waals surface area contributed by atoms with Gasteiger partial charge in [-0.25, -0.2) is 4.79 Å². The molecule has 1 N–H and O–H groups in total.